The molecule has 0 nitrogen and oxygen atoms in total. The van der Waals surface area contributed by atoms with Gasteiger partial charge in [-0.2, -0.15) is 0 Å². The average Bonchev–Trinajstić information content (AvgIpc) is 2.32. The van der Waals surface area contributed by atoms with Crippen LogP contribution >= 0.6 is 0 Å². The van der Waals surface area contributed by atoms with Crippen molar-refractivity contribution in [3.8, 4) is 0 Å². The molecule has 0 aliphatic rings. The van der Waals surface area contributed by atoms with E-state index < -0.39 is 11.6 Å². The van der Waals surface area contributed by atoms with Crippen LogP contribution in [0.2, 0.25) is 0 Å². The van der Waals surface area contributed by atoms with Crippen LogP contribution in [0, 0.1) is 31.3 Å². The number of halogens is 3. The summed E-state index contributed by atoms with van der Waals surface area (Å²) in [4.78, 5) is 0. The van der Waals surface area contributed by atoms with Crippen molar-refractivity contribution in [2.75, 3.05) is 0 Å². The highest BCUT2D eigenvalue weighted by molar-refractivity contribution is 5.28. The predicted molar refractivity (Wildman–Crippen MR) is 69.6 cm³/mol. The van der Waals surface area contributed by atoms with E-state index in [0.717, 1.165) is 5.56 Å². The standard InChI is InChI=1S/C16H15F3/c1-10-7-15(18)13(16(19)8-10)6-5-12-4-3-11(2)14(17)9-12/h3-4,7-9H,5-6H2,1-2H3. The first-order chi connectivity index (χ1) is 8.97. The fourth-order valence-electron chi connectivity index (χ4n) is 2.03. The number of hydrogen-bond acceptors (Lipinski definition) is 0. The van der Waals surface area contributed by atoms with E-state index in [9.17, 15) is 13.2 Å². The van der Waals surface area contributed by atoms with Gasteiger partial charge in [0.15, 0.2) is 0 Å². The Kier molecular flexibility index (Phi) is 3.93. The van der Waals surface area contributed by atoms with Crippen molar-refractivity contribution in [2.24, 2.45) is 0 Å². The van der Waals surface area contributed by atoms with Gasteiger partial charge in [0.2, 0.25) is 0 Å². The lowest BCUT2D eigenvalue weighted by Crippen LogP contribution is -2.00. The van der Waals surface area contributed by atoms with Gasteiger partial charge in [0.05, 0.1) is 0 Å². The minimum atomic E-state index is -0.537. The topological polar surface area (TPSA) is 0 Å². The lowest BCUT2D eigenvalue weighted by Gasteiger charge is -2.07. The van der Waals surface area contributed by atoms with E-state index in [1.807, 2.05) is 0 Å². The van der Waals surface area contributed by atoms with Gasteiger partial charge in [0, 0.05) is 5.56 Å². The summed E-state index contributed by atoms with van der Waals surface area (Å²) in [5.41, 5.74) is 1.92. The second kappa shape index (κ2) is 5.47. The summed E-state index contributed by atoms with van der Waals surface area (Å²) in [5.74, 6) is -1.36. The number of rotatable bonds is 3. The summed E-state index contributed by atoms with van der Waals surface area (Å²) in [6.07, 6.45) is 0.633. The summed E-state index contributed by atoms with van der Waals surface area (Å²) >= 11 is 0. The van der Waals surface area contributed by atoms with Gasteiger partial charge < -0.3 is 0 Å². The molecule has 100 valence electrons. The highest BCUT2D eigenvalue weighted by atomic mass is 19.1. The van der Waals surface area contributed by atoms with Gasteiger partial charge >= 0.3 is 0 Å². The summed E-state index contributed by atoms with van der Waals surface area (Å²) in [6, 6.07) is 7.50. The van der Waals surface area contributed by atoms with Crippen molar-refractivity contribution < 1.29 is 13.2 Å². The molecule has 0 aliphatic heterocycles. The summed E-state index contributed by atoms with van der Waals surface area (Å²) in [6.45, 7) is 3.32. The normalized spacial score (nSPS) is 10.8. The van der Waals surface area contributed by atoms with E-state index in [4.69, 9.17) is 0 Å². The Morgan fingerprint density at radius 1 is 0.789 bits per heavy atom. The molecule has 0 fully saturated rings. The highest BCUT2D eigenvalue weighted by Crippen LogP contribution is 2.18. The maximum atomic E-state index is 13.6. The zero-order valence-electron chi connectivity index (χ0n) is 10.9. The van der Waals surface area contributed by atoms with Gasteiger partial charge in [-0.3, -0.25) is 0 Å². The van der Waals surface area contributed by atoms with Crippen LogP contribution in [0.15, 0.2) is 30.3 Å². The third kappa shape index (κ3) is 3.16. The number of hydrogen-bond donors (Lipinski definition) is 0. The van der Waals surface area contributed by atoms with Gasteiger partial charge in [-0.25, -0.2) is 13.2 Å². The van der Waals surface area contributed by atoms with Crippen LogP contribution in [-0.4, -0.2) is 0 Å². The molecule has 0 spiro atoms. The molecule has 0 heterocycles. The van der Waals surface area contributed by atoms with E-state index in [1.54, 1.807) is 26.0 Å². The first-order valence-electron chi connectivity index (χ1n) is 6.17. The first-order valence-corrected chi connectivity index (χ1v) is 6.17. The lowest BCUT2D eigenvalue weighted by atomic mass is 10.0. The highest BCUT2D eigenvalue weighted by Gasteiger charge is 2.10. The summed E-state index contributed by atoms with van der Waals surface area (Å²) in [7, 11) is 0. The second-order valence-electron chi connectivity index (χ2n) is 4.79. The van der Waals surface area contributed by atoms with Crippen molar-refractivity contribution in [2.45, 2.75) is 26.7 Å². The van der Waals surface area contributed by atoms with Gasteiger partial charge in [0.25, 0.3) is 0 Å². The minimum absolute atomic E-state index is 0.0617. The van der Waals surface area contributed by atoms with E-state index in [1.165, 1.54) is 18.2 Å². The van der Waals surface area contributed by atoms with Crippen molar-refractivity contribution >= 4 is 0 Å². The Bertz CT molecular complexity index is 580. The molecule has 0 bridgehead atoms. The van der Waals surface area contributed by atoms with Gasteiger partial charge in [0.1, 0.15) is 17.5 Å². The molecule has 19 heavy (non-hydrogen) atoms. The molecule has 0 amide bonds. The third-order valence-corrected chi connectivity index (χ3v) is 3.19. The van der Waals surface area contributed by atoms with Crippen molar-refractivity contribution in [3.63, 3.8) is 0 Å². The quantitative estimate of drug-likeness (QED) is 0.765. The summed E-state index contributed by atoms with van der Waals surface area (Å²) < 4.78 is 40.7. The fraction of sp³-hybridized carbons (Fsp3) is 0.250. The third-order valence-electron chi connectivity index (χ3n) is 3.19. The molecule has 0 radical (unpaired) electrons. The molecule has 0 saturated heterocycles. The van der Waals surface area contributed by atoms with Gasteiger partial charge in [-0.1, -0.05) is 12.1 Å². The van der Waals surface area contributed by atoms with E-state index in [-0.39, 0.29) is 17.8 Å². The Labute approximate surface area is 110 Å². The van der Waals surface area contributed by atoms with Crippen molar-refractivity contribution in [3.05, 3.63) is 70.0 Å². The Morgan fingerprint density at radius 3 is 2.00 bits per heavy atom. The fourth-order valence-corrected chi connectivity index (χ4v) is 2.03. The molecule has 2 aromatic carbocycles. The molecule has 2 aromatic rings. The van der Waals surface area contributed by atoms with E-state index in [2.05, 4.69) is 0 Å². The SMILES string of the molecule is Cc1cc(F)c(CCc2ccc(C)c(F)c2)c(F)c1. The molecule has 0 aromatic heterocycles. The van der Waals surface area contributed by atoms with Crippen molar-refractivity contribution in [1.29, 1.82) is 0 Å². The molecule has 0 unspecified atom stereocenters. The monoisotopic (exact) mass is 264 g/mol. The van der Waals surface area contributed by atoms with Crippen molar-refractivity contribution in [1.82, 2.24) is 0 Å². The maximum Gasteiger partial charge on any atom is 0.129 e. The van der Waals surface area contributed by atoms with Gasteiger partial charge in [-0.15, -0.1) is 0 Å². The molecular formula is C16H15F3. The summed E-state index contributed by atoms with van der Waals surface area (Å²) in [5, 5.41) is 0. The maximum absolute atomic E-state index is 13.6. The molecule has 2 rings (SSSR count). The molecule has 0 aliphatic carbocycles. The van der Waals surface area contributed by atoms with E-state index >= 15 is 0 Å². The van der Waals surface area contributed by atoms with Crippen LogP contribution in [0.5, 0.6) is 0 Å². The Balaban J connectivity index is 2.16. The largest absolute Gasteiger partial charge is 0.207 e. The molecule has 3 heteroatoms. The number of benzene rings is 2. The van der Waals surface area contributed by atoms with Gasteiger partial charge in [-0.05, 0) is 61.6 Å². The zero-order chi connectivity index (χ0) is 14.0. The number of aryl methyl sites for hydroxylation is 3. The Hall–Kier alpha value is -1.77. The zero-order valence-corrected chi connectivity index (χ0v) is 10.9. The Morgan fingerprint density at radius 2 is 1.42 bits per heavy atom. The molecule has 0 N–H and O–H groups in total. The second-order valence-corrected chi connectivity index (χ2v) is 4.79. The first kappa shape index (κ1) is 13.7. The smallest absolute Gasteiger partial charge is 0.129 e. The van der Waals surface area contributed by atoms with Crippen LogP contribution < -0.4 is 0 Å². The molecule has 0 atom stereocenters. The average molecular weight is 264 g/mol. The lowest BCUT2D eigenvalue weighted by molar-refractivity contribution is 0.552. The predicted octanol–water partition coefficient (Wildman–Crippen LogP) is 4.51. The molecular weight excluding hydrogens is 249 g/mol. The molecule has 0 saturated carbocycles. The minimum Gasteiger partial charge on any atom is -0.207 e. The van der Waals surface area contributed by atoms with E-state index in [0.29, 0.717) is 17.5 Å². The van der Waals surface area contributed by atoms with Crippen LogP contribution in [0.3, 0.4) is 0 Å². The van der Waals surface area contributed by atoms with Crippen LogP contribution in [0.25, 0.3) is 0 Å². The van der Waals surface area contributed by atoms with Crippen LogP contribution in [0.4, 0.5) is 13.2 Å². The van der Waals surface area contributed by atoms with Crippen LogP contribution in [-0.2, 0) is 12.8 Å². The van der Waals surface area contributed by atoms with Crippen LogP contribution in [0.1, 0.15) is 22.3 Å².